The van der Waals surface area contributed by atoms with Crippen LogP contribution in [0.25, 0.3) is 0 Å². The lowest BCUT2D eigenvalue weighted by molar-refractivity contribution is -0.132. The number of hydrogen-bond donors (Lipinski definition) is 2. The Morgan fingerprint density at radius 1 is 1.32 bits per heavy atom. The van der Waals surface area contributed by atoms with Crippen molar-refractivity contribution in [2.24, 2.45) is 5.92 Å². The summed E-state index contributed by atoms with van der Waals surface area (Å²) in [5, 5.41) is 6.10. The molecule has 2 heterocycles. The molecule has 2 N–H and O–H groups in total. The monoisotopic (exact) mass is 347 g/mol. The predicted molar refractivity (Wildman–Crippen MR) is 94.0 cm³/mol. The zero-order valence-corrected chi connectivity index (χ0v) is 14.7. The highest BCUT2D eigenvalue weighted by Gasteiger charge is 2.37. The highest BCUT2D eigenvalue weighted by molar-refractivity contribution is 6.09. The van der Waals surface area contributed by atoms with Gasteiger partial charge in [0.1, 0.15) is 19.1 Å². The normalized spacial score (nSPS) is 20.5. The summed E-state index contributed by atoms with van der Waals surface area (Å²) in [6, 6.07) is 5.63. The van der Waals surface area contributed by atoms with E-state index in [-0.39, 0.29) is 17.9 Å². The molecule has 1 aromatic rings. The van der Waals surface area contributed by atoms with Crippen LogP contribution in [0.3, 0.4) is 0 Å². The van der Waals surface area contributed by atoms with E-state index >= 15 is 0 Å². The highest BCUT2D eigenvalue weighted by Crippen LogP contribution is 2.35. The molecule has 1 unspecified atom stereocenters. The molecule has 2 amide bonds. The summed E-state index contributed by atoms with van der Waals surface area (Å²) >= 11 is 0. The molecular formula is C18H25N3O4. The lowest BCUT2D eigenvalue weighted by Crippen LogP contribution is -2.43. The first-order valence-electron chi connectivity index (χ1n) is 8.82. The fourth-order valence-corrected chi connectivity index (χ4v) is 3.18. The van der Waals surface area contributed by atoms with Crippen molar-refractivity contribution in [2.75, 3.05) is 37.7 Å². The van der Waals surface area contributed by atoms with E-state index in [9.17, 15) is 9.59 Å². The summed E-state index contributed by atoms with van der Waals surface area (Å²) in [6.07, 6.45) is 0.523. The number of carbonyl (C=O) groups is 2. The number of fused-ring (bicyclic) bond motifs is 1. The SMILES string of the molecule is CCN[C@H](C)CNC(=O)C1CCN(c2ccc3c(c2)OCCO3)C1=O. The molecule has 7 heteroatoms. The quantitative estimate of drug-likeness (QED) is 0.748. The van der Waals surface area contributed by atoms with Gasteiger partial charge < -0.3 is 25.0 Å². The summed E-state index contributed by atoms with van der Waals surface area (Å²) in [4.78, 5) is 26.7. The van der Waals surface area contributed by atoms with Gasteiger partial charge in [0.15, 0.2) is 11.5 Å². The number of nitrogens with one attached hydrogen (secondary N) is 2. The minimum atomic E-state index is -0.623. The first-order valence-corrected chi connectivity index (χ1v) is 8.82. The molecule has 0 radical (unpaired) electrons. The van der Waals surface area contributed by atoms with E-state index < -0.39 is 5.92 Å². The van der Waals surface area contributed by atoms with Crippen molar-refractivity contribution in [3.63, 3.8) is 0 Å². The van der Waals surface area contributed by atoms with Gasteiger partial charge in [-0.05, 0) is 32.0 Å². The summed E-state index contributed by atoms with van der Waals surface area (Å²) in [7, 11) is 0. The van der Waals surface area contributed by atoms with Crippen molar-refractivity contribution in [1.82, 2.24) is 10.6 Å². The molecule has 0 aromatic heterocycles. The average molecular weight is 347 g/mol. The molecule has 25 heavy (non-hydrogen) atoms. The van der Waals surface area contributed by atoms with E-state index in [2.05, 4.69) is 10.6 Å². The van der Waals surface area contributed by atoms with Crippen molar-refractivity contribution in [3.05, 3.63) is 18.2 Å². The van der Waals surface area contributed by atoms with Gasteiger partial charge in [0.25, 0.3) is 0 Å². The van der Waals surface area contributed by atoms with Crippen molar-refractivity contribution >= 4 is 17.5 Å². The molecule has 0 spiro atoms. The third-order valence-electron chi connectivity index (χ3n) is 4.49. The van der Waals surface area contributed by atoms with Gasteiger partial charge in [-0.1, -0.05) is 6.92 Å². The Kier molecular flexibility index (Phi) is 5.43. The molecule has 1 saturated heterocycles. The molecule has 1 aromatic carbocycles. The Hall–Kier alpha value is -2.28. The molecule has 2 aliphatic heterocycles. The maximum Gasteiger partial charge on any atom is 0.239 e. The van der Waals surface area contributed by atoms with Gasteiger partial charge in [-0.3, -0.25) is 9.59 Å². The number of likely N-dealkylation sites (N-methyl/N-ethyl adjacent to an activating group) is 1. The summed E-state index contributed by atoms with van der Waals surface area (Å²) in [6.45, 7) is 6.94. The number of hydrogen-bond acceptors (Lipinski definition) is 5. The lowest BCUT2D eigenvalue weighted by atomic mass is 10.1. The molecule has 1 fully saturated rings. The second kappa shape index (κ2) is 7.74. The fourth-order valence-electron chi connectivity index (χ4n) is 3.18. The predicted octanol–water partition coefficient (Wildman–Crippen LogP) is 0.925. The van der Waals surface area contributed by atoms with E-state index in [0.717, 1.165) is 12.2 Å². The van der Waals surface area contributed by atoms with Crippen LogP contribution < -0.4 is 25.0 Å². The number of anilines is 1. The Morgan fingerprint density at radius 2 is 2.08 bits per heavy atom. The standard InChI is InChI=1S/C18H25N3O4/c1-3-19-12(2)11-20-17(22)14-6-7-21(18(14)23)13-4-5-15-16(10-13)25-9-8-24-15/h4-5,10,12,14,19H,3,6-9,11H2,1-2H3,(H,20,22)/t12-,14?/m1/s1. The van der Waals surface area contributed by atoms with Gasteiger partial charge in [0.05, 0.1) is 0 Å². The van der Waals surface area contributed by atoms with Crippen molar-refractivity contribution in [3.8, 4) is 11.5 Å². The Balaban J connectivity index is 1.62. The molecule has 0 saturated carbocycles. The van der Waals surface area contributed by atoms with Crippen LogP contribution in [0.2, 0.25) is 0 Å². The van der Waals surface area contributed by atoms with Crippen molar-refractivity contribution in [1.29, 1.82) is 0 Å². The first kappa shape index (κ1) is 17.5. The van der Waals surface area contributed by atoms with Gasteiger partial charge in [-0.15, -0.1) is 0 Å². The zero-order chi connectivity index (χ0) is 17.8. The third-order valence-corrected chi connectivity index (χ3v) is 4.49. The van der Waals surface area contributed by atoms with Crippen molar-refractivity contribution in [2.45, 2.75) is 26.3 Å². The number of amides is 2. The van der Waals surface area contributed by atoms with E-state index in [4.69, 9.17) is 9.47 Å². The largest absolute Gasteiger partial charge is 0.486 e. The second-order valence-corrected chi connectivity index (χ2v) is 6.36. The minimum absolute atomic E-state index is 0.162. The van der Waals surface area contributed by atoms with Gasteiger partial charge >= 0.3 is 0 Å². The van der Waals surface area contributed by atoms with E-state index in [1.807, 2.05) is 26.0 Å². The lowest BCUT2D eigenvalue weighted by Gasteiger charge is -2.22. The van der Waals surface area contributed by atoms with E-state index in [0.29, 0.717) is 44.2 Å². The summed E-state index contributed by atoms with van der Waals surface area (Å²) in [5.41, 5.74) is 0.741. The Morgan fingerprint density at radius 3 is 2.84 bits per heavy atom. The highest BCUT2D eigenvalue weighted by atomic mass is 16.6. The number of benzene rings is 1. The first-order chi connectivity index (χ1) is 12.1. The topological polar surface area (TPSA) is 79.9 Å². The molecule has 136 valence electrons. The van der Waals surface area contributed by atoms with Crippen LogP contribution in [0.5, 0.6) is 11.5 Å². The third kappa shape index (κ3) is 3.87. The molecular weight excluding hydrogens is 322 g/mol. The van der Waals surface area contributed by atoms with Crippen LogP contribution in [0.1, 0.15) is 20.3 Å². The number of carbonyl (C=O) groups excluding carboxylic acids is 2. The van der Waals surface area contributed by atoms with Gasteiger partial charge in [0.2, 0.25) is 11.8 Å². The second-order valence-electron chi connectivity index (χ2n) is 6.36. The number of ether oxygens (including phenoxy) is 2. The number of nitrogens with zero attached hydrogens (tertiary/aromatic N) is 1. The zero-order valence-electron chi connectivity index (χ0n) is 14.7. The summed E-state index contributed by atoms with van der Waals surface area (Å²) in [5.74, 6) is 0.347. The van der Waals surface area contributed by atoms with Crippen LogP contribution in [0.4, 0.5) is 5.69 Å². The van der Waals surface area contributed by atoms with Gasteiger partial charge in [-0.2, -0.15) is 0 Å². The van der Waals surface area contributed by atoms with Gasteiger partial charge in [-0.25, -0.2) is 0 Å². The Bertz CT molecular complexity index is 649. The van der Waals surface area contributed by atoms with Crippen LogP contribution in [-0.2, 0) is 9.59 Å². The molecule has 0 aliphatic carbocycles. The van der Waals surface area contributed by atoms with Crippen LogP contribution >= 0.6 is 0 Å². The summed E-state index contributed by atoms with van der Waals surface area (Å²) < 4.78 is 11.1. The van der Waals surface area contributed by atoms with Crippen LogP contribution in [0.15, 0.2) is 18.2 Å². The van der Waals surface area contributed by atoms with E-state index in [1.165, 1.54) is 0 Å². The molecule has 7 nitrogen and oxygen atoms in total. The van der Waals surface area contributed by atoms with Crippen LogP contribution in [-0.4, -0.2) is 50.7 Å². The van der Waals surface area contributed by atoms with Gasteiger partial charge in [0, 0.05) is 30.9 Å². The molecule has 3 rings (SSSR count). The fraction of sp³-hybridized carbons (Fsp3) is 0.556. The average Bonchev–Trinajstić information content (AvgIpc) is 3.01. The van der Waals surface area contributed by atoms with Crippen LogP contribution in [0, 0.1) is 5.92 Å². The molecule has 0 bridgehead atoms. The van der Waals surface area contributed by atoms with Crippen molar-refractivity contribution < 1.29 is 19.1 Å². The maximum atomic E-state index is 12.7. The Labute approximate surface area is 147 Å². The minimum Gasteiger partial charge on any atom is -0.486 e. The maximum absolute atomic E-state index is 12.7. The molecule has 2 atom stereocenters. The molecule has 2 aliphatic rings. The van der Waals surface area contributed by atoms with E-state index in [1.54, 1.807) is 11.0 Å². The number of rotatable bonds is 6. The smallest absolute Gasteiger partial charge is 0.239 e.